The first-order valence-electron chi connectivity index (χ1n) is 9.85. The van der Waals surface area contributed by atoms with Gasteiger partial charge in [-0.15, -0.1) is 0 Å². The summed E-state index contributed by atoms with van der Waals surface area (Å²) in [7, 11) is 0. The Kier molecular flexibility index (Phi) is 10.2. The Morgan fingerprint density at radius 1 is 1.13 bits per heavy atom. The third-order valence-electron chi connectivity index (χ3n) is 4.78. The van der Waals surface area contributed by atoms with E-state index in [1.54, 1.807) is 6.92 Å². The van der Waals surface area contributed by atoms with Crippen molar-refractivity contribution in [1.29, 1.82) is 0 Å². The Bertz CT molecular complexity index is 817. The van der Waals surface area contributed by atoms with Crippen molar-refractivity contribution >= 4 is 46.0 Å². The van der Waals surface area contributed by atoms with Crippen LogP contribution in [-0.2, 0) is 14.3 Å². The van der Waals surface area contributed by atoms with E-state index in [0.717, 1.165) is 17.0 Å². The molecule has 0 aliphatic carbocycles. The van der Waals surface area contributed by atoms with Crippen LogP contribution in [0.15, 0.2) is 54.6 Å². The van der Waals surface area contributed by atoms with Gasteiger partial charge in [-0.25, -0.2) is 0 Å². The van der Waals surface area contributed by atoms with Crippen LogP contribution in [0.2, 0.25) is 10.0 Å². The van der Waals surface area contributed by atoms with Crippen LogP contribution in [0.1, 0.15) is 38.8 Å². The van der Waals surface area contributed by atoms with E-state index in [1.807, 2.05) is 73.3 Å². The predicted octanol–water partition coefficient (Wildman–Crippen LogP) is 6.03. The zero-order valence-electron chi connectivity index (χ0n) is 17.4. The molecule has 0 aromatic heterocycles. The minimum Gasteiger partial charge on any atom is -0.369 e. The summed E-state index contributed by atoms with van der Waals surface area (Å²) in [6, 6.07) is 16.8. The molecule has 3 unspecified atom stereocenters. The lowest BCUT2D eigenvalue weighted by Crippen LogP contribution is -2.52. The number of hydrogen-bond acceptors (Lipinski definition) is 4. The molecule has 162 valence electrons. The molecule has 1 fully saturated rings. The number of amides is 1. The highest BCUT2D eigenvalue weighted by molar-refractivity contribution is 8.14. The second-order valence-corrected chi connectivity index (χ2v) is 9.40. The molecule has 30 heavy (non-hydrogen) atoms. The SMILES string of the molecule is CCC(C(C)SC(C)=O)N1C(=O)COCC1c1ccc(Cl)cc1.Clc1ccccc1. The molecule has 1 heterocycles. The van der Waals surface area contributed by atoms with Gasteiger partial charge in [0.25, 0.3) is 0 Å². The number of benzene rings is 2. The first-order valence-corrected chi connectivity index (χ1v) is 11.5. The Morgan fingerprint density at radius 3 is 2.23 bits per heavy atom. The van der Waals surface area contributed by atoms with Crippen LogP contribution in [0.5, 0.6) is 0 Å². The average molecular weight is 468 g/mol. The number of ether oxygens (including phenoxy) is 1. The lowest BCUT2D eigenvalue weighted by atomic mass is 10.00. The molecule has 1 saturated heterocycles. The monoisotopic (exact) mass is 467 g/mol. The van der Waals surface area contributed by atoms with E-state index in [1.165, 1.54) is 11.8 Å². The lowest BCUT2D eigenvalue weighted by Gasteiger charge is -2.43. The normalized spacial score (nSPS) is 18.2. The maximum Gasteiger partial charge on any atom is 0.249 e. The smallest absolute Gasteiger partial charge is 0.249 e. The van der Waals surface area contributed by atoms with Crippen LogP contribution >= 0.6 is 35.0 Å². The molecule has 0 N–H and O–H groups in total. The van der Waals surface area contributed by atoms with Gasteiger partial charge in [-0.1, -0.05) is 79.1 Å². The quantitative estimate of drug-likeness (QED) is 0.538. The van der Waals surface area contributed by atoms with Gasteiger partial charge in [-0.3, -0.25) is 9.59 Å². The molecule has 2 aromatic rings. The number of carbonyl (C=O) groups excluding carboxylic acids is 2. The van der Waals surface area contributed by atoms with Gasteiger partial charge in [0.15, 0.2) is 5.12 Å². The van der Waals surface area contributed by atoms with Gasteiger partial charge in [0.05, 0.1) is 12.6 Å². The molecule has 0 spiro atoms. The van der Waals surface area contributed by atoms with Crippen molar-refractivity contribution in [2.24, 2.45) is 0 Å². The second kappa shape index (κ2) is 12.4. The van der Waals surface area contributed by atoms with E-state index < -0.39 is 0 Å². The van der Waals surface area contributed by atoms with E-state index >= 15 is 0 Å². The molecule has 1 aliphatic rings. The van der Waals surface area contributed by atoms with Crippen LogP contribution in [0.3, 0.4) is 0 Å². The highest BCUT2D eigenvalue weighted by Gasteiger charge is 2.37. The number of halogens is 2. The van der Waals surface area contributed by atoms with Crippen LogP contribution in [0.25, 0.3) is 0 Å². The lowest BCUT2D eigenvalue weighted by molar-refractivity contribution is -0.152. The zero-order chi connectivity index (χ0) is 22.1. The van der Waals surface area contributed by atoms with E-state index in [4.69, 9.17) is 27.9 Å². The summed E-state index contributed by atoms with van der Waals surface area (Å²) in [4.78, 5) is 25.9. The zero-order valence-corrected chi connectivity index (χ0v) is 19.7. The van der Waals surface area contributed by atoms with Gasteiger partial charge in [0.2, 0.25) is 5.91 Å². The van der Waals surface area contributed by atoms with E-state index in [-0.39, 0.29) is 35.0 Å². The van der Waals surface area contributed by atoms with Crippen molar-refractivity contribution in [3.8, 4) is 0 Å². The van der Waals surface area contributed by atoms with Crippen molar-refractivity contribution in [3.05, 3.63) is 70.2 Å². The maximum absolute atomic E-state index is 12.5. The van der Waals surface area contributed by atoms with Crippen LogP contribution in [0, 0.1) is 0 Å². The van der Waals surface area contributed by atoms with Crippen molar-refractivity contribution in [1.82, 2.24) is 4.90 Å². The first kappa shape index (κ1) is 24.7. The minimum absolute atomic E-state index is 0.0130. The van der Waals surface area contributed by atoms with Crippen molar-refractivity contribution in [3.63, 3.8) is 0 Å². The molecule has 1 aliphatic heterocycles. The summed E-state index contributed by atoms with van der Waals surface area (Å²) in [6.07, 6.45) is 0.789. The van der Waals surface area contributed by atoms with E-state index in [9.17, 15) is 9.59 Å². The summed E-state index contributed by atoms with van der Waals surface area (Å²) in [5, 5.41) is 1.56. The van der Waals surface area contributed by atoms with E-state index in [0.29, 0.717) is 11.6 Å². The van der Waals surface area contributed by atoms with Crippen molar-refractivity contribution in [2.45, 2.75) is 44.5 Å². The highest BCUT2D eigenvalue weighted by Crippen LogP contribution is 2.32. The third-order valence-corrected chi connectivity index (χ3v) is 6.30. The van der Waals surface area contributed by atoms with Crippen LogP contribution in [0.4, 0.5) is 0 Å². The molecular formula is C23H27Cl2NO3S. The number of rotatable bonds is 5. The molecule has 0 radical (unpaired) electrons. The summed E-state index contributed by atoms with van der Waals surface area (Å²) in [5.41, 5.74) is 1.00. The number of nitrogens with zero attached hydrogens (tertiary/aromatic N) is 1. The Morgan fingerprint density at radius 2 is 1.73 bits per heavy atom. The van der Waals surface area contributed by atoms with Gasteiger partial charge in [-0.05, 0) is 36.2 Å². The molecular weight excluding hydrogens is 441 g/mol. The fraction of sp³-hybridized carbons (Fsp3) is 0.391. The van der Waals surface area contributed by atoms with Gasteiger partial charge < -0.3 is 9.64 Å². The fourth-order valence-electron chi connectivity index (χ4n) is 3.45. The minimum atomic E-state index is -0.145. The molecule has 1 amide bonds. The topological polar surface area (TPSA) is 46.6 Å². The molecule has 4 nitrogen and oxygen atoms in total. The van der Waals surface area contributed by atoms with Gasteiger partial charge in [0.1, 0.15) is 6.61 Å². The Hall–Kier alpha value is -1.53. The van der Waals surface area contributed by atoms with Crippen LogP contribution < -0.4 is 0 Å². The molecule has 3 rings (SSSR count). The summed E-state index contributed by atoms with van der Waals surface area (Å²) >= 11 is 12.8. The van der Waals surface area contributed by atoms with Crippen molar-refractivity contribution < 1.29 is 14.3 Å². The number of morpholine rings is 1. The largest absolute Gasteiger partial charge is 0.369 e. The van der Waals surface area contributed by atoms with E-state index in [2.05, 4.69) is 0 Å². The van der Waals surface area contributed by atoms with Crippen molar-refractivity contribution in [2.75, 3.05) is 13.2 Å². The number of hydrogen-bond donors (Lipinski definition) is 0. The number of carbonyl (C=O) groups is 2. The Balaban J connectivity index is 0.000000386. The maximum atomic E-state index is 12.5. The molecule has 2 aromatic carbocycles. The molecule has 7 heteroatoms. The summed E-state index contributed by atoms with van der Waals surface area (Å²) < 4.78 is 5.47. The summed E-state index contributed by atoms with van der Waals surface area (Å²) in [6.45, 7) is 6.16. The Labute approximate surface area is 192 Å². The standard InChI is InChI=1S/C17H22ClNO3S.C6H5Cl/c1-4-15(11(2)23-12(3)20)19-16(9-22-10-17(19)21)13-5-7-14(18)8-6-13;7-6-4-2-1-3-5-6/h5-8,11,15-16H,4,9-10H2,1-3H3;1-5H. The fourth-order valence-corrected chi connectivity index (χ4v) is 4.73. The second-order valence-electron chi connectivity index (χ2n) is 6.97. The van der Waals surface area contributed by atoms with Crippen LogP contribution in [-0.4, -0.2) is 40.4 Å². The number of thioether (sulfide) groups is 1. The van der Waals surface area contributed by atoms with Gasteiger partial charge in [0, 0.05) is 28.3 Å². The first-order chi connectivity index (χ1) is 14.3. The van der Waals surface area contributed by atoms with Gasteiger partial charge >= 0.3 is 0 Å². The van der Waals surface area contributed by atoms with Gasteiger partial charge in [-0.2, -0.15) is 0 Å². The third kappa shape index (κ3) is 7.31. The average Bonchev–Trinajstić information content (AvgIpc) is 2.71. The summed E-state index contributed by atoms with van der Waals surface area (Å²) in [5.74, 6) is -0.0287. The molecule has 3 atom stereocenters. The molecule has 0 saturated carbocycles. The molecule has 0 bridgehead atoms. The highest BCUT2D eigenvalue weighted by atomic mass is 35.5. The predicted molar refractivity (Wildman–Crippen MR) is 125 cm³/mol.